The number of aromatic nitrogens is 4. The number of fused-ring (bicyclic) bond motifs is 3. The van der Waals surface area contributed by atoms with E-state index in [1.807, 2.05) is 41.9 Å². The fourth-order valence-electron chi connectivity index (χ4n) is 5.54. The van der Waals surface area contributed by atoms with Crippen LogP contribution < -0.4 is 5.32 Å². The fraction of sp³-hybridized carbons (Fsp3) is 0.355. The number of rotatable bonds is 7. The smallest absolute Gasteiger partial charge is 0.408 e. The lowest BCUT2D eigenvalue weighted by Crippen LogP contribution is -2.50. The lowest BCUT2D eigenvalue weighted by Gasteiger charge is -2.31. The Morgan fingerprint density at radius 2 is 1.98 bits per heavy atom. The highest BCUT2D eigenvalue weighted by Gasteiger charge is 2.29. The maximum absolute atomic E-state index is 13.8. The molecule has 1 atom stereocenters. The molecule has 4 heterocycles. The van der Waals surface area contributed by atoms with E-state index in [1.165, 1.54) is 0 Å². The molecule has 11 heteroatoms. The van der Waals surface area contributed by atoms with Crippen LogP contribution in [0.3, 0.4) is 0 Å². The number of para-hydroxylation sites is 1. The second-order valence-electron chi connectivity index (χ2n) is 11.6. The Morgan fingerprint density at radius 1 is 1.17 bits per heavy atom. The first-order valence-electron chi connectivity index (χ1n) is 13.9. The van der Waals surface area contributed by atoms with Gasteiger partial charge in [-0.1, -0.05) is 23.4 Å². The Hall–Kier alpha value is -4.67. The van der Waals surface area contributed by atoms with Crippen molar-refractivity contribution in [3.8, 4) is 11.5 Å². The average molecular weight is 573 g/mol. The second-order valence-corrected chi connectivity index (χ2v) is 11.6. The van der Waals surface area contributed by atoms with Crippen LogP contribution in [-0.4, -0.2) is 67.6 Å². The van der Waals surface area contributed by atoms with E-state index >= 15 is 0 Å². The van der Waals surface area contributed by atoms with Crippen LogP contribution in [0.15, 0.2) is 59.3 Å². The number of imidazole rings is 1. The number of halogens is 1. The van der Waals surface area contributed by atoms with E-state index in [9.17, 15) is 14.0 Å². The molecular weight excluding hydrogens is 539 g/mol. The summed E-state index contributed by atoms with van der Waals surface area (Å²) >= 11 is 0. The van der Waals surface area contributed by atoms with E-state index in [4.69, 9.17) is 14.2 Å². The number of nitrogens with zero attached hydrogens (tertiary/aromatic N) is 5. The van der Waals surface area contributed by atoms with Crippen molar-refractivity contribution in [2.24, 2.45) is 7.05 Å². The Labute approximate surface area is 242 Å². The molecule has 0 bridgehead atoms. The molecule has 2 amide bonds. The van der Waals surface area contributed by atoms with Crippen LogP contribution >= 0.6 is 0 Å². The molecule has 2 aromatic carbocycles. The van der Waals surface area contributed by atoms with Gasteiger partial charge in [0.05, 0.1) is 35.5 Å². The highest BCUT2D eigenvalue weighted by molar-refractivity contribution is 6.00. The van der Waals surface area contributed by atoms with Crippen LogP contribution in [0.1, 0.15) is 42.5 Å². The predicted molar refractivity (Wildman–Crippen MR) is 156 cm³/mol. The van der Waals surface area contributed by atoms with Gasteiger partial charge in [0.2, 0.25) is 0 Å². The molecular formula is C31H33FN6O4. The molecule has 10 nitrogen and oxygen atoms in total. The third-order valence-corrected chi connectivity index (χ3v) is 7.47. The summed E-state index contributed by atoms with van der Waals surface area (Å²) in [5.74, 6) is 1.27. The first-order valence-corrected chi connectivity index (χ1v) is 13.9. The van der Waals surface area contributed by atoms with Gasteiger partial charge < -0.3 is 28.6 Å². The molecule has 218 valence electrons. The van der Waals surface area contributed by atoms with E-state index in [1.54, 1.807) is 31.9 Å². The van der Waals surface area contributed by atoms with Crippen molar-refractivity contribution in [1.29, 1.82) is 0 Å². The Kier molecular flexibility index (Phi) is 6.96. The Morgan fingerprint density at radius 3 is 2.71 bits per heavy atom. The van der Waals surface area contributed by atoms with Gasteiger partial charge in [0.1, 0.15) is 12.3 Å². The Bertz CT molecular complexity index is 1780. The number of aryl methyl sites for hydroxylation is 1. The van der Waals surface area contributed by atoms with E-state index in [2.05, 4.69) is 33.2 Å². The molecule has 5 aromatic rings. The van der Waals surface area contributed by atoms with Crippen LogP contribution in [0.4, 0.5) is 9.18 Å². The Balaban J connectivity index is 1.31. The minimum absolute atomic E-state index is 0.0429. The number of benzene rings is 2. The molecule has 42 heavy (non-hydrogen) atoms. The number of alkyl halides is 1. The quantitative estimate of drug-likeness (QED) is 0.291. The van der Waals surface area contributed by atoms with Gasteiger partial charge in [-0.05, 0) is 57.0 Å². The van der Waals surface area contributed by atoms with E-state index in [0.29, 0.717) is 30.6 Å². The maximum Gasteiger partial charge on any atom is 0.408 e. The lowest BCUT2D eigenvalue weighted by atomic mass is 9.97. The summed E-state index contributed by atoms with van der Waals surface area (Å²) in [5, 5.41) is 7.48. The zero-order chi connectivity index (χ0) is 29.6. The highest BCUT2D eigenvalue weighted by Crippen LogP contribution is 2.33. The summed E-state index contributed by atoms with van der Waals surface area (Å²) in [7, 11) is 1.97. The van der Waals surface area contributed by atoms with Gasteiger partial charge in [-0.25, -0.2) is 14.2 Å². The van der Waals surface area contributed by atoms with Gasteiger partial charge in [0.15, 0.2) is 11.6 Å². The predicted octanol–water partition coefficient (Wildman–Crippen LogP) is 5.09. The third kappa shape index (κ3) is 5.22. The zero-order valence-electron chi connectivity index (χ0n) is 24.1. The summed E-state index contributed by atoms with van der Waals surface area (Å²) in [6, 6.07) is 15.0. The van der Waals surface area contributed by atoms with Crippen molar-refractivity contribution in [2.45, 2.75) is 45.4 Å². The largest absolute Gasteiger partial charge is 0.444 e. The van der Waals surface area contributed by atoms with Crippen LogP contribution in [-0.2, 0) is 24.8 Å². The van der Waals surface area contributed by atoms with Crippen molar-refractivity contribution >= 4 is 33.9 Å². The summed E-state index contributed by atoms with van der Waals surface area (Å²) in [5.41, 5.74) is 4.30. The highest BCUT2D eigenvalue weighted by atomic mass is 19.1. The van der Waals surface area contributed by atoms with Crippen LogP contribution in [0.2, 0.25) is 0 Å². The van der Waals surface area contributed by atoms with Gasteiger partial charge in [0.25, 0.3) is 5.91 Å². The maximum atomic E-state index is 13.8. The molecule has 1 N–H and O–H groups in total. The van der Waals surface area contributed by atoms with Crippen molar-refractivity contribution in [1.82, 2.24) is 29.5 Å². The zero-order valence-corrected chi connectivity index (χ0v) is 24.1. The van der Waals surface area contributed by atoms with Crippen LogP contribution in [0, 0.1) is 0 Å². The molecule has 0 aliphatic carbocycles. The second kappa shape index (κ2) is 10.6. The molecule has 1 aliphatic rings. The number of nitrogens with one attached hydrogen (secondary N) is 1. The molecule has 0 radical (unpaired) electrons. The first kappa shape index (κ1) is 27.5. The first-order chi connectivity index (χ1) is 20.1. The number of hydrogen-bond donors (Lipinski definition) is 1. The molecule has 3 aromatic heterocycles. The van der Waals surface area contributed by atoms with E-state index in [0.717, 1.165) is 39.3 Å². The molecule has 0 unspecified atom stereocenters. The third-order valence-electron chi connectivity index (χ3n) is 7.47. The minimum atomic E-state index is -0.873. The molecule has 0 spiro atoms. The van der Waals surface area contributed by atoms with E-state index < -0.39 is 24.4 Å². The summed E-state index contributed by atoms with van der Waals surface area (Å²) in [6.45, 7) is 5.34. The lowest BCUT2D eigenvalue weighted by molar-refractivity contribution is 0.0466. The molecule has 0 saturated carbocycles. The number of ether oxygens (including phenoxy) is 1. The van der Waals surface area contributed by atoms with Gasteiger partial charge in [-0.15, -0.1) is 0 Å². The van der Waals surface area contributed by atoms with Gasteiger partial charge in [-0.3, -0.25) is 4.79 Å². The number of hydrogen-bond acceptors (Lipinski definition) is 6. The number of alkyl carbamates (subject to hydrolysis) is 1. The van der Waals surface area contributed by atoms with Crippen LogP contribution in [0.25, 0.3) is 33.5 Å². The minimum Gasteiger partial charge on any atom is -0.444 e. The normalized spacial score (nSPS) is 14.4. The summed E-state index contributed by atoms with van der Waals surface area (Å²) in [6.07, 6.45) is 1.53. The molecule has 6 rings (SSSR count). The van der Waals surface area contributed by atoms with Crippen molar-refractivity contribution in [3.63, 3.8) is 0 Å². The van der Waals surface area contributed by atoms with E-state index in [-0.39, 0.29) is 12.5 Å². The fourth-order valence-corrected chi connectivity index (χ4v) is 5.54. The van der Waals surface area contributed by atoms with Gasteiger partial charge in [0, 0.05) is 42.7 Å². The molecule has 0 fully saturated rings. The van der Waals surface area contributed by atoms with Crippen molar-refractivity contribution < 1.29 is 23.2 Å². The van der Waals surface area contributed by atoms with Crippen molar-refractivity contribution in [3.05, 3.63) is 71.6 Å². The molecule has 1 aliphatic heterocycles. The van der Waals surface area contributed by atoms with Crippen molar-refractivity contribution in [2.75, 3.05) is 19.8 Å². The standard InChI is InChI=1S/C31H33FN6O4/c1-31(2,3)41-30(40)34-21(16-32)17-37-12-10-19-13-26-24(15-23(19)29(37)39)35-28(36(26)4)27-14-20-7-5-6-8-25(20)38(27)18-22-9-11-33-42-22/h5-9,11,13-15,21H,10,12,16-18H2,1-4H3,(H,34,40)/t21-/m1/s1. The SMILES string of the molecule is Cn1c(-c2cc3ccccc3n2Cc2ccno2)nc2cc3c(cc21)CCN(C[C@@H](CF)NC(=O)OC(C)(C)C)C3=O. The molecule has 0 saturated heterocycles. The number of amides is 2. The average Bonchev–Trinajstić information content (AvgIpc) is 3.67. The number of carbonyl (C=O) groups excluding carboxylic acids is 2. The van der Waals surface area contributed by atoms with Crippen LogP contribution in [0.5, 0.6) is 0 Å². The summed E-state index contributed by atoms with van der Waals surface area (Å²) < 4.78 is 28.7. The van der Waals surface area contributed by atoms with Gasteiger partial charge >= 0.3 is 6.09 Å². The van der Waals surface area contributed by atoms with Gasteiger partial charge in [-0.2, -0.15) is 0 Å². The number of carbonyl (C=O) groups is 2. The summed E-state index contributed by atoms with van der Waals surface area (Å²) in [4.78, 5) is 32.3. The monoisotopic (exact) mass is 572 g/mol. The topological polar surface area (TPSA) is 107 Å².